The molecule has 1 aromatic carbocycles. The van der Waals surface area contributed by atoms with Crippen molar-refractivity contribution in [2.24, 2.45) is 17.8 Å². The molecule has 0 radical (unpaired) electrons. The molecule has 0 saturated heterocycles. The molecule has 6 heteroatoms. The number of amides is 1. The Morgan fingerprint density at radius 1 is 1.21 bits per heavy atom. The number of rotatable bonds is 3. The Bertz CT molecular complexity index is 795. The van der Waals surface area contributed by atoms with Crippen molar-refractivity contribution in [2.75, 3.05) is 6.54 Å². The second-order valence-corrected chi connectivity index (χ2v) is 7.25. The van der Waals surface area contributed by atoms with Gasteiger partial charge in [0.25, 0.3) is 5.91 Å². The summed E-state index contributed by atoms with van der Waals surface area (Å²) in [4.78, 5) is 16.8. The van der Waals surface area contributed by atoms with Crippen molar-refractivity contribution in [1.82, 2.24) is 10.3 Å². The second-order valence-electron chi connectivity index (χ2n) is 6.84. The molecular formula is C18H19ClN2O3. The van der Waals surface area contributed by atoms with Gasteiger partial charge in [0.15, 0.2) is 0 Å². The van der Waals surface area contributed by atoms with Crippen LogP contribution in [0.1, 0.15) is 23.3 Å². The summed E-state index contributed by atoms with van der Waals surface area (Å²) in [6.45, 7) is 0.489. The number of aliphatic hydroxyl groups is 2. The van der Waals surface area contributed by atoms with Gasteiger partial charge in [0.05, 0.1) is 12.2 Å². The fraction of sp³-hybridized carbons (Fsp3) is 0.444. The number of carbonyl (C=O) groups is 1. The van der Waals surface area contributed by atoms with Gasteiger partial charge in [-0.2, -0.15) is 0 Å². The molecule has 1 heterocycles. The van der Waals surface area contributed by atoms with E-state index in [1.54, 1.807) is 24.4 Å². The van der Waals surface area contributed by atoms with Crippen molar-refractivity contribution in [3.05, 3.63) is 41.2 Å². The minimum Gasteiger partial charge on any atom is -0.390 e. The summed E-state index contributed by atoms with van der Waals surface area (Å²) in [7, 11) is 0. The Labute approximate surface area is 144 Å². The second kappa shape index (κ2) is 5.99. The Hall–Kier alpha value is -1.69. The zero-order chi connectivity index (χ0) is 16.8. The summed E-state index contributed by atoms with van der Waals surface area (Å²) in [5.74, 6) is 0.193. The number of hydrogen-bond donors (Lipinski definition) is 3. The van der Waals surface area contributed by atoms with Crippen molar-refractivity contribution in [1.29, 1.82) is 0 Å². The van der Waals surface area contributed by atoms with Crippen LogP contribution in [0.5, 0.6) is 0 Å². The van der Waals surface area contributed by atoms with E-state index in [1.807, 2.05) is 6.07 Å². The topological polar surface area (TPSA) is 82.5 Å². The van der Waals surface area contributed by atoms with E-state index >= 15 is 0 Å². The van der Waals surface area contributed by atoms with Gasteiger partial charge >= 0.3 is 0 Å². The lowest BCUT2D eigenvalue weighted by Crippen LogP contribution is -2.41. The first-order valence-electron chi connectivity index (χ1n) is 8.24. The van der Waals surface area contributed by atoms with Crippen LogP contribution in [0.2, 0.25) is 5.02 Å². The average Bonchev–Trinajstić information content (AvgIpc) is 3.12. The first kappa shape index (κ1) is 15.8. The molecule has 1 amide bonds. The van der Waals surface area contributed by atoms with Crippen molar-refractivity contribution in [3.63, 3.8) is 0 Å². The number of hydrogen-bond acceptors (Lipinski definition) is 4. The molecule has 0 aliphatic heterocycles. The van der Waals surface area contributed by atoms with Gasteiger partial charge in [-0.1, -0.05) is 23.7 Å². The number of pyridine rings is 1. The maximum absolute atomic E-state index is 12.6. The van der Waals surface area contributed by atoms with E-state index in [2.05, 4.69) is 10.3 Å². The number of nitrogens with zero attached hydrogens (tertiary/aromatic N) is 1. The Morgan fingerprint density at radius 3 is 2.79 bits per heavy atom. The van der Waals surface area contributed by atoms with Crippen LogP contribution in [0.15, 0.2) is 30.5 Å². The van der Waals surface area contributed by atoms with E-state index in [0.717, 1.165) is 23.6 Å². The molecule has 2 saturated carbocycles. The molecule has 2 aliphatic rings. The SMILES string of the molecule is O=C(NC[C@H]1C[C@@H]2C[C@H]1[C@@H](O)[C@H]2O)c1nccc2c(Cl)cccc12. The van der Waals surface area contributed by atoms with Crippen molar-refractivity contribution < 1.29 is 15.0 Å². The maximum Gasteiger partial charge on any atom is 0.270 e. The van der Waals surface area contributed by atoms with Crippen LogP contribution >= 0.6 is 11.6 Å². The molecule has 3 N–H and O–H groups in total. The van der Waals surface area contributed by atoms with Gasteiger partial charge in [-0.3, -0.25) is 9.78 Å². The number of aliphatic hydroxyl groups excluding tert-OH is 2. The summed E-state index contributed by atoms with van der Waals surface area (Å²) in [5.41, 5.74) is 0.360. The zero-order valence-corrected chi connectivity index (χ0v) is 13.8. The molecule has 0 unspecified atom stereocenters. The number of halogens is 1. The molecule has 126 valence electrons. The van der Waals surface area contributed by atoms with Crippen LogP contribution in [0.4, 0.5) is 0 Å². The molecule has 4 rings (SSSR count). The van der Waals surface area contributed by atoms with Crippen LogP contribution in [0, 0.1) is 17.8 Å². The van der Waals surface area contributed by atoms with Crippen LogP contribution < -0.4 is 5.32 Å². The van der Waals surface area contributed by atoms with Crippen molar-refractivity contribution in [3.8, 4) is 0 Å². The van der Waals surface area contributed by atoms with Gasteiger partial charge in [-0.15, -0.1) is 0 Å². The largest absolute Gasteiger partial charge is 0.390 e. The standard InChI is InChI=1S/C18H19ClN2O3/c19-14-3-1-2-12-11(14)4-5-20-15(12)18(24)21-8-10-6-9-7-13(10)17(23)16(9)22/h1-5,9-10,13,16-17,22-23H,6-8H2,(H,21,24)/t9-,10-,13-,16+,17-/m1/s1. The van der Waals surface area contributed by atoms with Gasteiger partial charge in [0.1, 0.15) is 5.69 Å². The molecule has 1 aromatic heterocycles. The third-order valence-electron chi connectivity index (χ3n) is 5.55. The van der Waals surface area contributed by atoms with Gasteiger partial charge in [-0.25, -0.2) is 0 Å². The summed E-state index contributed by atoms with van der Waals surface area (Å²) in [6, 6.07) is 7.22. The van der Waals surface area contributed by atoms with Crippen LogP contribution in [-0.4, -0.2) is 39.9 Å². The summed E-state index contributed by atoms with van der Waals surface area (Å²) in [6.07, 6.45) is 1.99. The molecule has 2 bridgehead atoms. The van der Waals surface area contributed by atoms with E-state index in [0.29, 0.717) is 17.3 Å². The summed E-state index contributed by atoms with van der Waals surface area (Å²) < 4.78 is 0. The van der Waals surface area contributed by atoms with Crippen LogP contribution in [-0.2, 0) is 0 Å². The summed E-state index contributed by atoms with van der Waals surface area (Å²) in [5, 5.41) is 24.9. The number of fused-ring (bicyclic) bond motifs is 3. The van der Waals surface area contributed by atoms with Crippen LogP contribution in [0.25, 0.3) is 10.8 Å². The minimum absolute atomic E-state index is 0.0696. The average molecular weight is 347 g/mol. The first-order chi connectivity index (χ1) is 11.6. The minimum atomic E-state index is -0.667. The van der Waals surface area contributed by atoms with E-state index in [4.69, 9.17) is 11.6 Å². The lowest BCUT2D eigenvalue weighted by molar-refractivity contribution is -0.0332. The molecule has 5 nitrogen and oxygen atoms in total. The lowest BCUT2D eigenvalue weighted by Gasteiger charge is -2.29. The number of aromatic nitrogens is 1. The fourth-order valence-electron chi connectivity index (χ4n) is 4.32. The molecule has 2 aliphatic carbocycles. The smallest absolute Gasteiger partial charge is 0.270 e. The highest BCUT2D eigenvalue weighted by atomic mass is 35.5. The monoisotopic (exact) mass is 346 g/mol. The molecule has 24 heavy (non-hydrogen) atoms. The normalized spacial score (nSPS) is 31.5. The molecule has 2 aromatic rings. The van der Waals surface area contributed by atoms with Crippen molar-refractivity contribution >= 4 is 28.3 Å². The molecule has 5 atom stereocenters. The highest BCUT2D eigenvalue weighted by Gasteiger charge is 2.51. The predicted octanol–water partition coefficient (Wildman–Crippen LogP) is 2.00. The van der Waals surface area contributed by atoms with E-state index < -0.39 is 12.2 Å². The Morgan fingerprint density at radius 2 is 2.04 bits per heavy atom. The van der Waals surface area contributed by atoms with Gasteiger partial charge in [-0.05, 0) is 42.7 Å². The van der Waals surface area contributed by atoms with Crippen molar-refractivity contribution in [2.45, 2.75) is 25.0 Å². The lowest BCUT2D eigenvalue weighted by atomic mass is 9.85. The molecule has 0 spiro atoms. The third-order valence-corrected chi connectivity index (χ3v) is 5.88. The molecular weight excluding hydrogens is 328 g/mol. The number of nitrogens with one attached hydrogen (secondary N) is 1. The number of carbonyl (C=O) groups excluding carboxylic acids is 1. The maximum atomic E-state index is 12.6. The van der Waals surface area contributed by atoms with Gasteiger partial charge < -0.3 is 15.5 Å². The fourth-order valence-corrected chi connectivity index (χ4v) is 4.56. The Kier molecular flexibility index (Phi) is 3.95. The highest BCUT2D eigenvalue weighted by Crippen LogP contribution is 2.48. The van der Waals surface area contributed by atoms with E-state index in [9.17, 15) is 15.0 Å². The first-order valence-corrected chi connectivity index (χ1v) is 8.61. The van der Waals surface area contributed by atoms with Crippen LogP contribution in [0.3, 0.4) is 0 Å². The highest BCUT2D eigenvalue weighted by molar-refractivity contribution is 6.35. The number of benzene rings is 1. The van der Waals surface area contributed by atoms with E-state index in [-0.39, 0.29) is 23.7 Å². The summed E-state index contributed by atoms with van der Waals surface area (Å²) >= 11 is 6.18. The van der Waals surface area contributed by atoms with Gasteiger partial charge in [0, 0.05) is 28.5 Å². The third kappa shape index (κ3) is 2.48. The van der Waals surface area contributed by atoms with E-state index in [1.165, 1.54) is 0 Å². The Balaban J connectivity index is 1.49. The quantitative estimate of drug-likeness (QED) is 0.793. The zero-order valence-electron chi connectivity index (χ0n) is 13.0. The van der Waals surface area contributed by atoms with Gasteiger partial charge in [0.2, 0.25) is 0 Å². The predicted molar refractivity (Wildman–Crippen MR) is 90.8 cm³/mol. The molecule has 2 fully saturated rings.